The Hall–Kier alpha value is -3.80. The Balaban J connectivity index is 1.53. The number of aromatic nitrogens is 1. The summed E-state index contributed by atoms with van der Waals surface area (Å²) in [6, 6.07) is 20.4. The summed E-state index contributed by atoms with van der Waals surface area (Å²) >= 11 is 0. The maximum atomic E-state index is 12.8. The number of nitrogens with one attached hydrogen (secondary N) is 1. The largest absolute Gasteiger partial charge is 0.483 e. The van der Waals surface area contributed by atoms with Crippen molar-refractivity contribution in [3.05, 3.63) is 100 Å². The molecule has 0 saturated carbocycles. The van der Waals surface area contributed by atoms with Crippen molar-refractivity contribution in [1.82, 2.24) is 9.88 Å². The summed E-state index contributed by atoms with van der Waals surface area (Å²) in [6.45, 7) is 0.401. The molecule has 146 valence electrons. The molecule has 0 fully saturated rings. The molecule has 0 saturated heterocycles. The number of aryl methyl sites for hydroxylation is 1. The summed E-state index contributed by atoms with van der Waals surface area (Å²) < 4.78 is 13.0. The number of hydrogen-bond acceptors (Lipinski definition) is 4. The standard InChI is InChI=1S/C23H20N2O4/c1-25-12-11-19(26)22(28-15-16-7-3-2-4-8-16)21(25)23(27)24-14-18-13-17-9-5-6-10-20(17)29-18/h2-13H,14-15H2,1H3,(H,24,27). The molecular formula is C23H20N2O4. The van der Waals surface area contributed by atoms with E-state index in [9.17, 15) is 9.59 Å². The number of fused-ring (bicyclic) bond motifs is 1. The number of hydrogen-bond donors (Lipinski definition) is 1. The zero-order valence-electron chi connectivity index (χ0n) is 15.9. The van der Waals surface area contributed by atoms with Gasteiger partial charge in [-0.3, -0.25) is 9.59 Å². The first-order chi connectivity index (χ1) is 14.1. The summed E-state index contributed by atoms with van der Waals surface area (Å²) in [7, 11) is 1.70. The van der Waals surface area contributed by atoms with Gasteiger partial charge in [-0.1, -0.05) is 48.5 Å². The molecule has 2 heterocycles. The van der Waals surface area contributed by atoms with E-state index < -0.39 is 5.91 Å². The molecule has 6 heteroatoms. The van der Waals surface area contributed by atoms with Crippen LogP contribution in [0.4, 0.5) is 0 Å². The van der Waals surface area contributed by atoms with Crippen molar-refractivity contribution < 1.29 is 13.9 Å². The van der Waals surface area contributed by atoms with Crippen molar-refractivity contribution in [3.8, 4) is 5.75 Å². The molecule has 1 amide bonds. The lowest BCUT2D eigenvalue weighted by Crippen LogP contribution is -2.28. The highest BCUT2D eigenvalue weighted by Crippen LogP contribution is 2.19. The van der Waals surface area contributed by atoms with Gasteiger partial charge in [0.05, 0.1) is 6.54 Å². The van der Waals surface area contributed by atoms with Gasteiger partial charge in [0.25, 0.3) is 5.91 Å². The molecule has 0 radical (unpaired) electrons. The molecule has 0 aliphatic rings. The zero-order chi connectivity index (χ0) is 20.2. The number of furan rings is 1. The first-order valence-corrected chi connectivity index (χ1v) is 9.24. The average molecular weight is 388 g/mol. The fourth-order valence-electron chi connectivity index (χ4n) is 3.11. The molecule has 0 unspecified atom stereocenters. The summed E-state index contributed by atoms with van der Waals surface area (Å²) in [6.07, 6.45) is 1.55. The fourth-order valence-corrected chi connectivity index (χ4v) is 3.11. The van der Waals surface area contributed by atoms with Gasteiger partial charge in [0.1, 0.15) is 18.0 Å². The van der Waals surface area contributed by atoms with E-state index in [1.165, 1.54) is 6.07 Å². The number of amides is 1. The predicted molar refractivity (Wildman–Crippen MR) is 110 cm³/mol. The van der Waals surface area contributed by atoms with Gasteiger partial charge >= 0.3 is 0 Å². The first kappa shape index (κ1) is 18.6. The van der Waals surface area contributed by atoms with Crippen LogP contribution in [0.1, 0.15) is 21.8 Å². The van der Waals surface area contributed by atoms with Crippen molar-refractivity contribution in [2.24, 2.45) is 7.05 Å². The lowest BCUT2D eigenvalue weighted by molar-refractivity contribution is 0.0933. The summed E-state index contributed by atoms with van der Waals surface area (Å²) in [4.78, 5) is 25.2. The van der Waals surface area contributed by atoms with Crippen molar-refractivity contribution in [2.45, 2.75) is 13.2 Å². The second-order valence-electron chi connectivity index (χ2n) is 6.68. The van der Waals surface area contributed by atoms with E-state index in [4.69, 9.17) is 9.15 Å². The lowest BCUT2D eigenvalue weighted by atomic mass is 10.2. The van der Waals surface area contributed by atoms with Gasteiger partial charge in [0, 0.05) is 24.7 Å². The van der Waals surface area contributed by atoms with Crippen LogP contribution in [0.5, 0.6) is 5.75 Å². The monoisotopic (exact) mass is 388 g/mol. The van der Waals surface area contributed by atoms with Crippen molar-refractivity contribution in [1.29, 1.82) is 0 Å². The maximum Gasteiger partial charge on any atom is 0.272 e. The lowest BCUT2D eigenvalue weighted by Gasteiger charge is -2.14. The van der Waals surface area contributed by atoms with Crippen LogP contribution in [0.2, 0.25) is 0 Å². The molecule has 0 aliphatic carbocycles. The van der Waals surface area contributed by atoms with Crippen LogP contribution < -0.4 is 15.5 Å². The Bertz CT molecular complexity index is 1180. The second-order valence-corrected chi connectivity index (χ2v) is 6.68. The first-order valence-electron chi connectivity index (χ1n) is 9.24. The molecule has 0 atom stereocenters. The number of ether oxygens (including phenoxy) is 1. The van der Waals surface area contributed by atoms with Crippen molar-refractivity contribution >= 4 is 16.9 Å². The SMILES string of the molecule is Cn1ccc(=O)c(OCc2ccccc2)c1C(=O)NCc1cc2ccccc2o1. The quantitative estimate of drug-likeness (QED) is 0.547. The molecule has 0 spiro atoms. The molecule has 6 nitrogen and oxygen atoms in total. The Morgan fingerprint density at radius 1 is 1.07 bits per heavy atom. The highest BCUT2D eigenvalue weighted by Gasteiger charge is 2.19. The smallest absolute Gasteiger partial charge is 0.272 e. The molecule has 2 aromatic heterocycles. The number of benzene rings is 2. The van der Waals surface area contributed by atoms with Crippen molar-refractivity contribution in [3.63, 3.8) is 0 Å². The third kappa shape index (κ3) is 4.06. The normalized spacial score (nSPS) is 10.8. The van der Waals surface area contributed by atoms with Crippen LogP contribution >= 0.6 is 0 Å². The summed E-state index contributed by atoms with van der Waals surface area (Å²) in [5.74, 6) is 0.252. The predicted octanol–water partition coefficient (Wildman–Crippen LogP) is 3.64. The van der Waals surface area contributed by atoms with E-state index in [2.05, 4.69) is 5.32 Å². The summed E-state index contributed by atoms with van der Waals surface area (Å²) in [5.41, 5.74) is 1.50. The fraction of sp³-hybridized carbons (Fsp3) is 0.130. The van der Waals surface area contributed by atoms with E-state index in [-0.39, 0.29) is 30.0 Å². The minimum Gasteiger partial charge on any atom is -0.483 e. The Labute approximate surface area is 167 Å². The summed E-state index contributed by atoms with van der Waals surface area (Å²) in [5, 5.41) is 3.78. The molecule has 0 bridgehead atoms. The van der Waals surface area contributed by atoms with Gasteiger partial charge in [-0.25, -0.2) is 0 Å². The maximum absolute atomic E-state index is 12.8. The molecule has 4 aromatic rings. The van der Waals surface area contributed by atoms with E-state index in [0.717, 1.165) is 16.5 Å². The van der Waals surface area contributed by atoms with Crippen LogP contribution in [0.15, 0.2) is 82.1 Å². The van der Waals surface area contributed by atoms with Gasteiger partial charge in [-0.2, -0.15) is 0 Å². The second kappa shape index (κ2) is 8.06. The molecule has 0 aliphatic heterocycles. The molecule has 2 aromatic carbocycles. The number of rotatable bonds is 6. The zero-order valence-corrected chi connectivity index (χ0v) is 15.9. The third-order valence-electron chi connectivity index (χ3n) is 4.58. The van der Waals surface area contributed by atoms with Gasteiger partial charge in [-0.05, 0) is 17.7 Å². The third-order valence-corrected chi connectivity index (χ3v) is 4.58. The molecule has 4 rings (SSSR count). The van der Waals surface area contributed by atoms with Crippen LogP contribution in [-0.2, 0) is 20.2 Å². The van der Waals surface area contributed by atoms with Gasteiger partial charge in [0.2, 0.25) is 5.43 Å². The Morgan fingerprint density at radius 2 is 1.83 bits per heavy atom. The topological polar surface area (TPSA) is 73.5 Å². The van der Waals surface area contributed by atoms with E-state index in [1.807, 2.05) is 60.7 Å². The molecular weight excluding hydrogens is 368 g/mol. The van der Waals surface area contributed by atoms with Crippen LogP contribution in [0.3, 0.4) is 0 Å². The van der Waals surface area contributed by atoms with Crippen LogP contribution in [0, 0.1) is 0 Å². The average Bonchev–Trinajstić information content (AvgIpc) is 3.16. The minimum atomic E-state index is -0.409. The van der Waals surface area contributed by atoms with E-state index in [0.29, 0.717) is 5.76 Å². The number of pyridine rings is 1. The Morgan fingerprint density at radius 3 is 2.62 bits per heavy atom. The molecule has 29 heavy (non-hydrogen) atoms. The Kier molecular flexibility index (Phi) is 5.16. The van der Waals surface area contributed by atoms with E-state index in [1.54, 1.807) is 17.8 Å². The van der Waals surface area contributed by atoms with Gasteiger partial charge in [0.15, 0.2) is 11.4 Å². The minimum absolute atomic E-state index is 0.0287. The number of carbonyl (C=O) groups is 1. The van der Waals surface area contributed by atoms with Gasteiger partial charge < -0.3 is 19.0 Å². The number of nitrogens with zero attached hydrogens (tertiary/aromatic N) is 1. The van der Waals surface area contributed by atoms with Crippen molar-refractivity contribution in [2.75, 3.05) is 0 Å². The number of carbonyl (C=O) groups excluding carboxylic acids is 1. The van der Waals surface area contributed by atoms with Crippen LogP contribution in [0.25, 0.3) is 11.0 Å². The van der Waals surface area contributed by atoms with Gasteiger partial charge in [-0.15, -0.1) is 0 Å². The highest BCUT2D eigenvalue weighted by atomic mass is 16.5. The van der Waals surface area contributed by atoms with E-state index >= 15 is 0 Å². The molecule has 1 N–H and O–H groups in total. The number of para-hydroxylation sites is 1. The highest BCUT2D eigenvalue weighted by molar-refractivity contribution is 5.95. The van der Waals surface area contributed by atoms with Crippen LogP contribution in [-0.4, -0.2) is 10.5 Å².